The predicted molar refractivity (Wildman–Crippen MR) is 70.2 cm³/mol. The molecule has 0 radical (unpaired) electrons. The van der Waals surface area contributed by atoms with E-state index in [1.165, 1.54) is 16.7 Å². The molecule has 1 saturated carbocycles. The zero-order chi connectivity index (χ0) is 14.3. The monoisotopic (exact) mass is 279 g/mol. The molecule has 3 rings (SSSR count). The lowest BCUT2D eigenvalue weighted by molar-refractivity contribution is 0.470. The Bertz CT molecular complexity index is 688. The van der Waals surface area contributed by atoms with Gasteiger partial charge in [0.15, 0.2) is 11.6 Å². The maximum absolute atomic E-state index is 13.7. The maximum atomic E-state index is 13.7. The van der Waals surface area contributed by atoms with Gasteiger partial charge in [0.1, 0.15) is 0 Å². The van der Waals surface area contributed by atoms with E-state index in [2.05, 4.69) is 0 Å². The van der Waals surface area contributed by atoms with Crippen LogP contribution in [-0.2, 0) is 6.54 Å². The Hall–Kier alpha value is -1.95. The van der Waals surface area contributed by atoms with Crippen LogP contribution in [0, 0.1) is 11.6 Å². The second-order valence-electron chi connectivity index (χ2n) is 5.12. The van der Waals surface area contributed by atoms with Crippen molar-refractivity contribution in [1.82, 2.24) is 9.13 Å². The van der Waals surface area contributed by atoms with Crippen LogP contribution in [0.25, 0.3) is 0 Å². The molecule has 1 aromatic carbocycles. The van der Waals surface area contributed by atoms with Crippen molar-refractivity contribution in [1.29, 1.82) is 0 Å². The van der Waals surface area contributed by atoms with Crippen LogP contribution < -0.4 is 11.4 Å². The summed E-state index contributed by atoms with van der Waals surface area (Å²) >= 11 is 0. The molecule has 1 unspecified atom stereocenters. The molecule has 4 nitrogen and oxygen atoms in total. The minimum Gasteiger partial charge on any atom is -0.322 e. The van der Waals surface area contributed by atoms with Crippen molar-refractivity contribution >= 4 is 0 Å². The van der Waals surface area contributed by atoms with Gasteiger partial charge in [-0.2, -0.15) is 0 Å². The number of hydrogen-bond acceptors (Lipinski definition) is 2. The third-order valence-corrected chi connectivity index (χ3v) is 3.59. The van der Waals surface area contributed by atoms with E-state index in [4.69, 9.17) is 5.73 Å². The van der Waals surface area contributed by atoms with E-state index in [1.54, 1.807) is 17.0 Å². The highest BCUT2D eigenvalue weighted by atomic mass is 19.2. The average Bonchev–Trinajstić information content (AvgIpc) is 3.20. The predicted octanol–water partition coefficient (Wildman–Crippen LogP) is 1.96. The van der Waals surface area contributed by atoms with E-state index >= 15 is 0 Å². The number of benzene rings is 1. The fraction of sp³-hybridized carbons (Fsp3) is 0.357. The fourth-order valence-corrected chi connectivity index (χ4v) is 2.31. The summed E-state index contributed by atoms with van der Waals surface area (Å²) in [6.45, 7) is 0.124. The molecule has 0 amide bonds. The molecule has 0 aliphatic heterocycles. The van der Waals surface area contributed by atoms with Gasteiger partial charge < -0.3 is 5.73 Å². The van der Waals surface area contributed by atoms with Crippen molar-refractivity contribution in [2.24, 2.45) is 5.73 Å². The van der Waals surface area contributed by atoms with Gasteiger partial charge in [-0.1, -0.05) is 12.1 Å². The molecule has 2 N–H and O–H groups in total. The first-order chi connectivity index (χ1) is 9.58. The van der Waals surface area contributed by atoms with Crippen LogP contribution in [0.4, 0.5) is 8.78 Å². The molecule has 0 saturated heterocycles. The van der Waals surface area contributed by atoms with Crippen LogP contribution in [0.5, 0.6) is 0 Å². The molecule has 1 aliphatic carbocycles. The van der Waals surface area contributed by atoms with E-state index in [1.807, 2.05) is 0 Å². The van der Waals surface area contributed by atoms with Gasteiger partial charge in [-0.3, -0.25) is 9.13 Å². The number of nitrogens with two attached hydrogens (primary N) is 1. The number of halogens is 2. The zero-order valence-corrected chi connectivity index (χ0v) is 10.8. The molecule has 2 aromatic rings. The van der Waals surface area contributed by atoms with E-state index in [0.717, 1.165) is 18.9 Å². The molecule has 1 heterocycles. The number of aromatic nitrogens is 2. The normalized spacial score (nSPS) is 16.4. The molecule has 1 aliphatic rings. The zero-order valence-electron chi connectivity index (χ0n) is 10.8. The number of hydrogen-bond donors (Lipinski definition) is 1. The Labute approximate surface area is 114 Å². The number of rotatable bonds is 4. The summed E-state index contributed by atoms with van der Waals surface area (Å²) in [4.78, 5) is 12.1. The lowest BCUT2D eigenvalue weighted by Gasteiger charge is -2.13. The molecule has 0 bridgehead atoms. The van der Waals surface area contributed by atoms with Gasteiger partial charge in [0.2, 0.25) is 0 Å². The van der Waals surface area contributed by atoms with Crippen molar-refractivity contribution in [2.75, 3.05) is 0 Å². The highest BCUT2D eigenvalue weighted by Gasteiger charge is 2.26. The van der Waals surface area contributed by atoms with E-state index < -0.39 is 17.7 Å². The minimum absolute atomic E-state index is 0.0797. The second kappa shape index (κ2) is 4.86. The fourth-order valence-electron chi connectivity index (χ4n) is 2.31. The summed E-state index contributed by atoms with van der Waals surface area (Å²) in [7, 11) is 0. The van der Waals surface area contributed by atoms with Crippen molar-refractivity contribution in [2.45, 2.75) is 31.5 Å². The third kappa shape index (κ3) is 2.27. The first-order valence-electron chi connectivity index (χ1n) is 6.54. The van der Waals surface area contributed by atoms with E-state index in [-0.39, 0.29) is 23.8 Å². The van der Waals surface area contributed by atoms with Crippen LogP contribution in [0.1, 0.15) is 30.5 Å². The summed E-state index contributed by atoms with van der Waals surface area (Å²) in [6, 6.07) is 3.41. The number of nitrogens with zero attached hydrogens (tertiary/aromatic N) is 2. The van der Waals surface area contributed by atoms with E-state index in [9.17, 15) is 13.6 Å². The third-order valence-electron chi connectivity index (χ3n) is 3.59. The molecule has 20 heavy (non-hydrogen) atoms. The van der Waals surface area contributed by atoms with Crippen LogP contribution in [0.2, 0.25) is 0 Å². The molecule has 6 heteroatoms. The van der Waals surface area contributed by atoms with Crippen molar-refractivity contribution in [3.8, 4) is 0 Å². The summed E-state index contributed by atoms with van der Waals surface area (Å²) in [5.74, 6) is -1.88. The van der Waals surface area contributed by atoms with Gasteiger partial charge in [0, 0.05) is 30.5 Å². The molecule has 106 valence electrons. The van der Waals surface area contributed by atoms with E-state index in [0.29, 0.717) is 0 Å². The van der Waals surface area contributed by atoms with Crippen LogP contribution >= 0.6 is 0 Å². The Kier molecular flexibility index (Phi) is 3.17. The minimum atomic E-state index is -0.949. The maximum Gasteiger partial charge on any atom is 0.328 e. The second-order valence-corrected chi connectivity index (χ2v) is 5.12. The first-order valence-corrected chi connectivity index (χ1v) is 6.54. The largest absolute Gasteiger partial charge is 0.328 e. The summed E-state index contributed by atoms with van der Waals surface area (Å²) < 4.78 is 29.9. The highest BCUT2D eigenvalue weighted by molar-refractivity contribution is 5.22. The van der Waals surface area contributed by atoms with Crippen LogP contribution in [-0.4, -0.2) is 9.13 Å². The van der Waals surface area contributed by atoms with Gasteiger partial charge in [-0.05, 0) is 18.9 Å². The molecular formula is C14H15F2N3O. The van der Waals surface area contributed by atoms with Gasteiger partial charge in [0.05, 0.1) is 6.04 Å². The smallest absolute Gasteiger partial charge is 0.322 e. The molecule has 0 spiro atoms. The molecule has 1 atom stereocenters. The Balaban J connectivity index is 1.83. The first kappa shape index (κ1) is 13.1. The van der Waals surface area contributed by atoms with Gasteiger partial charge in [-0.25, -0.2) is 13.6 Å². The van der Waals surface area contributed by atoms with Gasteiger partial charge in [-0.15, -0.1) is 0 Å². The lowest BCUT2D eigenvalue weighted by Crippen LogP contribution is -2.28. The van der Waals surface area contributed by atoms with Gasteiger partial charge in [0.25, 0.3) is 0 Å². The summed E-state index contributed by atoms with van der Waals surface area (Å²) in [6.07, 6.45) is 5.37. The van der Waals surface area contributed by atoms with Crippen molar-refractivity contribution in [3.63, 3.8) is 0 Å². The van der Waals surface area contributed by atoms with Crippen LogP contribution in [0.3, 0.4) is 0 Å². The standard InChI is InChI=1S/C14H15F2N3O/c15-11-3-1-2-10(13(11)16)12(17)8-18-6-7-19(14(18)20)9-4-5-9/h1-3,6-7,9,12H,4-5,8,17H2. The van der Waals surface area contributed by atoms with Crippen molar-refractivity contribution < 1.29 is 8.78 Å². The average molecular weight is 279 g/mol. The van der Waals surface area contributed by atoms with Gasteiger partial charge >= 0.3 is 5.69 Å². The molecule has 1 fully saturated rings. The van der Waals surface area contributed by atoms with Crippen LogP contribution in [0.15, 0.2) is 35.4 Å². The SMILES string of the molecule is NC(Cn1ccn(C2CC2)c1=O)c1cccc(F)c1F. The topological polar surface area (TPSA) is 52.9 Å². The Morgan fingerprint density at radius 3 is 2.75 bits per heavy atom. The number of imidazole rings is 1. The van der Waals surface area contributed by atoms with Crippen molar-refractivity contribution in [3.05, 3.63) is 58.3 Å². The highest BCUT2D eigenvalue weighted by Crippen LogP contribution is 2.33. The Morgan fingerprint density at radius 2 is 2.05 bits per heavy atom. The molecule has 1 aromatic heterocycles. The summed E-state index contributed by atoms with van der Waals surface area (Å²) in [5, 5.41) is 0. The molecular weight excluding hydrogens is 264 g/mol. The Morgan fingerprint density at radius 1 is 1.30 bits per heavy atom. The summed E-state index contributed by atoms with van der Waals surface area (Å²) in [5.41, 5.74) is 5.82. The quantitative estimate of drug-likeness (QED) is 0.930. The lowest BCUT2D eigenvalue weighted by atomic mass is 10.1.